The maximum Gasteiger partial charge on any atom is 0.266 e. The molecule has 0 radical (unpaired) electrons. The molecule has 3 aromatic rings. The lowest BCUT2D eigenvalue weighted by atomic mass is 10.1. The van der Waals surface area contributed by atoms with Crippen molar-refractivity contribution in [1.82, 2.24) is 0 Å². The van der Waals surface area contributed by atoms with Crippen LogP contribution in [0.5, 0.6) is 0 Å². The number of aryl methyl sites for hydroxylation is 2. The van der Waals surface area contributed by atoms with Crippen LogP contribution < -0.4 is 10.2 Å². The van der Waals surface area contributed by atoms with Crippen molar-refractivity contribution in [3.63, 3.8) is 0 Å². The average molecular weight is 370 g/mol. The predicted molar refractivity (Wildman–Crippen MR) is 108 cm³/mol. The Morgan fingerprint density at radius 2 is 1.50 bits per heavy atom. The van der Waals surface area contributed by atoms with Crippen molar-refractivity contribution in [2.45, 2.75) is 13.8 Å². The number of anilines is 2. The molecule has 0 bridgehead atoms. The van der Waals surface area contributed by atoms with E-state index in [2.05, 4.69) is 5.32 Å². The van der Waals surface area contributed by atoms with Gasteiger partial charge in [0.05, 0.1) is 16.8 Å². The minimum atomic E-state index is -0.382. The molecular weight excluding hydrogens is 352 g/mol. The second-order valence-corrected chi connectivity index (χ2v) is 6.81. The summed E-state index contributed by atoms with van der Waals surface area (Å²) in [5.41, 5.74) is 4.29. The highest BCUT2D eigenvalue weighted by Crippen LogP contribution is 2.29. The molecule has 28 heavy (non-hydrogen) atoms. The zero-order valence-electron chi connectivity index (χ0n) is 15.5. The molecule has 5 nitrogen and oxygen atoms in total. The number of fused-ring (bicyclic) bond motifs is 1. The summed E-state index contributed by atoms with van der Waals surface area (Å²) in [6.07, 6.45) is 0. The van der Waals surface area contributed by atoms with Crippen LogP contribution in [-0.2, 0) is 0 Å². The first kappa shape index (κ1) is 17.7. The zero-order chi connectivity index (χ0) is 19.8. The molecule has 5 heteroatoms. The van der Waals surface area contributed by atoms with E-state index in [0.29, 0.717) is 22.4 Å². The number of carbonyl (C=O) groups excluding carboxylic acids is 3. The first-order chi connectivity index (χ1) is 13.5. The van der Waals surface area contributed by atoms with Crippen LogP contribution in [-0.4, -0.2) is 17.7 Å². The second kappa shape index (κ2) is 6.78. The molecule has 0 aromatic heterocycles. The fraction of sp³-hybridized carbons (Fsp3) is 0.0870. The van der Waals surface area contributed by atoms with E-state index < -0.39 is 0 Å². The van der Waals surface area contributed by atoms with Crippen molar-refractivity contribution in [2.24, 2.45) is 0 Å². The van der Waals surface area contributed by atoms with Crippen molar-refractivity contribution in [1.29, 1.82) is 0 Å². The fourth-order valence-corrected chi connectivity index (χ4v) is 3.36. The molecule has 138 valence electrons. The third-order valence-corrected chi connectivity index (χ3v) is 4.79. The lowest BCUT2D eigenvalue weighted by Crippen LogP contribution is -2.29. The summed E-state index contributed by atoms with van der Waals surface area (Å²) >= 11 is 0. The third kappa shape index (κ3) is 2.97. The van der Waals surface area contributed by atoms with E-state index in [9.17, 15) is 14.4 Å². The van der Waals surface area contributed by atoms with Crippen LogP contribution in [0.4, 0.5) is 11.4 Å². The van der Waals surface area contributed by atoms with E-state index in [1.807, 2.05) is 32.0 Å². The van der Waals surface area contributed by atoms with Crippen LogP contribution in [0.25, 0.3) is 0 Å². The molecule has 0 saturated heterocycles. The number of nitrogens with zero attached hydrogens (tertiary/aromatic N) is 1. The van der Waals surface area contributed by atoms with Crippen molar-refractivity contribution in [2.75, 3.05) is 10.2 Å². The maximum atomic E-state index is 12.7. The molecule has 3 aromatic carbocycles. The van der Waals surface area contributed by atoms with Crippen LogP contribution in [0.3, 0.4) is 0 Å². The predicted octanol–water partition coefficient (Wildman–Crippen LogP) is 4.36. The van der Waals surface area contributed by atoms with Gasteiger partial charge in [-0.15, -0.1) is 0 Å². The molecule has 0 fully saturated rings. The van der Waals surface area contributed by atoms with Crippen molar-refractivity contribution in [3.05, 3.63) is 94.5 Å². The van der Waals surface area contributed by atoms with Gasteiger partial charge in [-0.3, -0.25) is 14.4 Å². The number of nitrogens with one attached hydrogen (secondary N) is 1. The summed E-state index contributed by atoms with van der Waals surface area (Å²) in [5, 5.41) is 2.88. The van der Waals surface area contributed by atoms with Crippen LogP contribution in [0.15, 0.2) is 66.7 Å². The van der Waals surface area contributed by atoms with Crippen LogP contribution in [0, 0.1) is 13.8 Å². The Bertz CT molecular complexity index is 1100. The Morgan fingerprint density at radius 3 is 2.14 bits per heavy atom. The first-order valence-corrected chi connectivity index (χ1v) is 8.92. The Balaban J connectivity index is 1.63. The van der Waals surface area contributed by atoms with Gasteiger partial charge in [0.1, 0.15) is 0 Å². The van der Waals surface area contributed by atoms with Crippen LogP contribution in [0.2, 0.25) is 0 Å². The van der Waals surface area contributed by atoms with E-state index >= 15 is 0 Å². The Morgan fingerprint density at radius 1 is 0.821 bits per heavy atom. The van der Waals surface area contributed by atoms with E-state index in [-0.39, 0.29) is 17.7 Å². The molecular formula is C23H18N2O3. The highest BCUT2D eigenvalue weighted by molar-refractivity contribution is 6.34. The first-order valence-electron chi connectivity index (χ1n) is 8.92. The number of hydrogen-bond donors (Lipinski definition) is 1. The lowest BCUT2D eigenvalue weighted by molar-refractivity contribution is 0.0924. The summed E-state index contributed by atoms with van der Waals surface area (Å²) in [5.74, 6) is -1.06. The Labute approximate surface area is 162 Å². The zero-order valence-corrected chi connectivity index (χ0v) is 15.5. The van der Waals surface area contributed by atoms with Crippen LogP contribution >= 0.6 is 0 Å². The number of benzene rings is 3. The number of amides is 3. The van der Waals surface area contributed by atoms with Gasteiger partial charge in [-0.05, 0) is 55.8 Å². The standard InChI is InChI=1S/C23H18N2O3/c1-14-10-11-20(15(2)12-14)24-21(26)16-6-5-7-17(13-16)25-22(27)18-8-3-4-9-19(18)23(25)28/h3-13H,1-2H3,(H,24,26). The minimum absolute atomic E-state index is 0.301. The Hall–Kier alpha value is -3.73. The molecule has 0 aliphatic carbocycles. The van der Waals surface area contributed by atoms with Gasteiger partial charge >= 0.3 is 0 Å². The van der Waals surface area contributed by atoms with Crippen molar-refractivity contribution < 1.29 is 14.4 Å². The van der Waals surface area contributed by atoms with Gasteiger partial charge in [0.25, 0.3) is 17.7 Å². The lowest BCUT2D eigenvalue weighted by Gasteiger charge is -2.15. The molecule has 1 heterocycles. The summed E-state index contributed by atoms with van der Waals surface area (Å²) in [6.45, 7) is 3.92. The molecule has 0 unspecified atom stereocenters. The van der Waals surface area contributed by atoms with Gasteiger partial charge in [0, 0.05) is 11.3 Å². The third-order valence-electron chi connectivity index (χ3n) is 4.79. The van der Waals surface area contributed by atoms with E-state index in [0.717, 1.165) is 21.7 Å². The maximum absolute atomic E-state index is 12.7. The van der Waals surface area contributed by atoms with E-state index in [1.165, 1.54) is 0 Å². The molecule has 4 rings (SSSR count). The molecule has 0 spiro atoms. The van der Waals surface area contributed by atoms with Gasteiger partial charge in [-0.2, -0.15) is 0 Å². The van der Waals surface area contributed by atoms with E-state index in [4.69, 9.17) is 0 Å². The summed E-state index contributed by atoms with van der Waals surface area (Å²) in [7, 11) is 0. The molecule has 1 aliphatic heterocycles. The quantitative estimate of drug-likeness (QED) is 0.697. The highest BCUT2D eigenvalue weighted by Gasteiger charge is 2.36. The average Bonchev–Trinajstić information content (AvgIpc) is 2.95. The molecule has 3 amide bonds. The number of rotatable bonds is 3. The van der Waals surface area contributed by atoms with E-state index in [1.54, 1.807) is 48.5 Å². The summed E-state index contributed by atoms with van der Waals surface area (Å²) in [4.78, 5) is 39.1. The number of carbonyl (C=O) groups is 3. The van der Waals surface area contributed by atoms with Gasteiger partial charge in [0.2, 0.25) is 0 Å². The molecule has 1 N–H and O–H groups in total. The Kier molecular flexibility index (Phi) is 4.28. The van der Waals surface area contributed by atoms with Gasteiger partial charge < -0.3 is 5.32 Å². The molecule has 0 atom stereocenters. The van der Waals surface area contributed by atoms with Crippen molar-refractivity contribution >= 4 is 29.1 Å². The fourth-order valence-electron chi connectivity index (χ4n) is 3.36. The number of hydrogen-bond acceptors (Lipinski definition) is 3. The summed E-state index contributed by atoms with van der Waals surface area (Å²) in [6, 6.07) is 19.0. The smallest absolute Gasteiger partial charge is 0.266 e. The topological polar surface area (TPSA) is 66.5 Å². The van der Waals surface area contributed by atoms with Gasteiger partial charge in [-0.25, -0.2) is 4.90 Å². The minimum Gasteiger partial charge on any atom is -0.322 e. The summed E-state index contributed by atoms with van der Waals surface area (Å²) < 4.78 is 0. The molecule has 0 saturated carbocycles. The van der Waals surface area contributed by atoms with Crippen LogP contribution in [0.1, 0.15) is 42.2 Å². The van der Waals surface area contributed by atoms with Crippen molar-refractivity contribution in [3.8, 4) is 0 Å². The second-order valence-electron chi connectivity index (χ2n) is 6.81. The highest BCUT2D eigenvalue weighted by atomic mass is 16.2. The van der Waals surface area contributed by atoms with Gasteiger partial charge in [0.15, 0.2) is 0 Å². The SMILES string of the molecule is Cc1ccc(NC(=O)c2cccc(N3C(=O)c4ccccc4C3=O)c2)c(C)c1. The molecule has 1 aliphatic rings. The normalized spacial score (nSPS) is 12.9. The monoisotopic (exact) mass is 370 g/mol. The number of imide groups is 1. The van der Waals surface area contributed by atoms with Gasteiger partial charge in [-0.1, -0.05) is 35.9 Å². The largest absolute Gasteiger partial charge is 0.322 e.